The highest BCUT2D eigenvalue weighted by Crippen LogP contribution is 2.30. The highest BCUT2D eigenvalue weighted by Gasteiger charge is 2.20. The van der Waals surface area contributed by atoms with Crippen LogP contribution in [0, 0.1) is 11.6 Å². The van der Waals surface area contributed by atoms with Crippen molar-refractivity contribution < 1.29 is 13.5 Å². The summed E-state index contributed by atoms with van der Waals surface area (Å²) in [5.74, 6) is -1.34. The fourth-order valence-electron chi connectivity index (χ4n) is 4.61. The van der Waals surface area contributed by atoms with Gasteiger partial charge in [-0.15, -0.1) is 0 Å². The van der Waals surface area contributed by atoms with Crippen LogP contribution in [-0.2, 0) is 4.74 Å². The predicted molar refractivity (Wildman–Crippen MR) is 132 cm³/mol. The van der Waals surface area contributed by atoms with Crippen molar-refractivity contribution in [1.29, 1.82) is 0 Å². The molecule has 3 aromatic heterocycles. The second kappa shape index (κ2) is 9.59. The van der Waals surface area contributed by atoms with Gasteiger partial charge in [0.1, 0.15) is 17.3 Å². The summed E-state index contributed by atoms with van der Waals surface area (Å²) in [6.45, 7) is 3.37. The Labute approximate surface area is 201 Å². The fraction of sp³-hybridized carbons (Fsp3) is 0.308. The van der Waals surface area contributed by atoms with Crippen LogP contribution in [0.5, 0.6) is 0 Å². The number of rotatable bonds is 6. The molecule has 0 bridgehead atoms. The predicted octanol–water partition coefficient (Wildman–Crippen LogP) is 3.66. The first-order valence-corrected chi connectivity index (χ1v) is 11.5. The number of hydrogen-bond acceptors (Lipinski definition) is 5. The van der Waals surface area contributed by atoms with Crippen molar-refractivity contribution in [2.75, 3.05) is 51.8 Å². The van der Waals surface area contributed by atoms with E-state index in [0.29, 0.717) is 25.3 Å². The molecule has 9 heteroatoms. The summed E-state index contributed by atoms with van der Waals surface area (Å²) < 4.78 is 34.9. The molecule has 0 amide bonds. The number of fused-ring (bicyclic) bond motifs is 1. The molecule has 5 rings (SSSR count). The van der Waals surface area contributed by atoms with Crippen LogP contribution in [0.2, 0.25) is 0 Å². The van der Waals surface area contributed by atoms with Crippen LogP contribution in [0.1, 0.15) is 11.6 Å². The molecule has 0 spiro atoms. The number of pyridine rings is 2. The van der Waals surface area contributed by atoms with Gasteiger partial charge in [0.05, 0.1) is 31.1 Å². The second-order valence-electron chi connectivity index (χ2n) is 9.03. The number of nitrogens with one attached hydrogen (secondary N) is 1. The van der Waals surface area contributed by atoms with Gasteiger partial charge in [0.15, 0.2) is 0 Å². The molecule has 1 aromatic carbocycles. The third-order valence-corrected chi connectivity index (χ3v) is 6.30. The number of benzene rings is 1. The van der Waals surface area contributed by atoms with Crippen molar-refractivity contribution in [2.24, 2.45) is 0 Å². The van der Waals surface area contributed by atoms with Crippen molar-refractivity contribution in [3.63, 3.8) is 0 Å². The van der Waals surface area contributed by atoms with E-state index in [4.69, 9.17) is 4.74 Å². The van der Waals surface area contributed by atoms with Gasteiger partial charge in [-0.3, -0.25) is 4.79 Å². The Morgan fingerprint density at radius 1 is 1.11 bits per heavy atom. The van der Waals surface area contributed by atoms with Crippen molar-refractivity contribution >= 4 is 16.7 Å². The smallest absolute Gasteiger partial charge is 0.251 e. The number of aromatic nitrogens is 3. The van der Waals surface area contributed by atoms with Crippen LogP contribution in [0.3, 0.4) is 0 Å². The number of anilines is 1. The van der Waals surface area contributed by atoms with E-state index in [2.05, 4.69) is 20.9 Å². The molecule has 0 saturated carbocycles. The van der Waals surface area contributed by atoms with Crippen LogP contribution in [0.15, 0.2) is 59.8 Å². The van der Waals surface area contributed by atoms with E-state index in [9.17, 15) is 13.6 Å². The summed E-state index contributed by atoms with van der Waals surface area (Å²) in [7, 11) is 3.71. The summed E-state index contributed by atoms with van der Waals surface area (Å²) in [6, 6.07) is 8.32. The summed E-state index contributed by atoms with van der Waals surface area (Å²) in [6.07, 6.45) is 5.38. The number of hydrogen-bond donors (Lipinski definition) is 1. The summed E-state index contributed by atoms with van der Waals surface area (Å²) >= 11 is 0. The van der Waals surface area contributed by atoms with Gasteiger partial charge in [-0.05, 0) is 49.5 Å². The quantitative estimate of drug-likeness (QED) is 0.457. The molecule has 182 valence electrons. The molecule has 0 aliphatic carbocycles. The van der Waals surface area contributed by atoms with Gasteiger partial charge in [0.25, 0.3) is 5.56 Å². The standard InChI is InChI=1S/C26H27F2N5O2/c1-31(2)16-24(18-9-19(27)12-20(28)10-18)33-4-3-17(11-25(33)34)23-15-30-26-22(23)13-21(14-29-26)32-5-7-35-8-6-32/h3-4,9-15,24H,5-8,16H2,1-2H3,(H,29,30)/t24-/m1/s1. The second-order valence-corrected chi connectivity index (χ2v) is 9.03. The van der Waals surface area contributed by atoms with E-state index < -0.39 is 17.7 Å². The van der Waals surface area contributed by atoms with Crippen LogP contribution in [0.25, 0.3) is 22.2 Å². The highest BCUT2D eigenvalue weighted by molar-refractivity contribution is 5.95. The van der Waals surface area contributed by atoms with Gasteiger partial charge < -0.3 is 24.1 Å². The number of ether oxygens (including phenoxy) is 1. The molecule has 0 radical (unpaired) electrons. The van der Waals surface area contributed by atoms with Crippen LogP contribution >= 0.6 is 0 Å². The minimum atomic E-state index is -0.671. The summed E-state index contributed by atoms with van der Waals surface area (Å²) in [4.78, 5) is 25.1. The Morgan fingerprint density at radius 3 is 2.54 bits per heavy atom. The van der Waals surface area contributed by atoms with Crippen molar-refractivity contribution in [1.82, 2.24) is 19.4 Å². The molecule has 1 aliphatic heterocycles. The molecule has 7 nitrogen and oxygen atoms in total. The van der Waals surface area contributed by atoms with Gasteiger partial charge in [0, 0.05) is 55.1 Å². The fourth-order valence-corrected chi connectivity index (χ4v) is 4.61. The van der Waals surface area contributed by atoms with E-state index in [0.717, 1.165) is 47.0 Å². The van der Waals surface area contributed by atoms with Gasteiger partial charge in [0.2, 0.25) is 0 Å². The molecule has 4 heterocycles. The zero-order valence-electron chi connectivity index (χ0n) is 19.7. The molecular weight excluding hydrogens is 452 g/mol. The maximum atomic E-state index is 13.9. The first kappa shape index (κ1) is 23.2. The Balaban J connectivity index is 1.53. The van der Waals surface area contributed by atoms with Gasteiger partial charge >= 0.3 is 0 Å². The zero-order chi connectivity index (χ0) is 24.5. The van der Waals surface area contributed by atoms with Gasteiger partial charge in [-0.25, -0.2) is 13.8 Å². The lowest BCUT2D eigenvalue weighted by molar-refractivity contribution is 0.122. The third kappa shape index (κ3) is 4.82. The lowest BCUT2D eigenvalue weighted by Gasteiger charge is -2.28. The average molecular weight is 480 g/mol. The van der Waals surface area contributed by atoms with Crippen molar-refractivity contribution in [3.8, 4) is 11.1 Å². The Kier molecular flexibility index (Phi) is 6.36. The maximum absolute atomic E-state index is 13.9. The number of H-pyrrole nitrogens is 1. The molecule has 4 aromatic rings. The summed E-state index contributed by atoms with van der Waals surface area (Å²) in [5.41, 5.74) is 3.50. The molecule has 0 unspecified atom stereocenters. The van der Waals surface area contributed by atoms with Crippen LogP contribution in [0.4, 0.5) is 14.5 Å². The topological polar surface area (TPSA) is 66.4 Å². The van der Waals surface area contributed by atoms with Crippen LogP contribution < -0.4 is 10.5 Å². The number of halogens is 2. The third-order valence-electron chi connectivity index (χ3n) is 6.30. The lowest BCUT2D eigenvalue weighted by atomic mass is 10.0. The first-order valence-electron chi connectivity index (χ1n) is 11.5. The Bertz CT molecular complexity index is 1390. The average Bonchev–Trinajstić information content (AvgIpc) is 3.26. The molecule has 1 atom stereocenters. The van der Waals surface area contributed by atoms with E-state index in [1.54, 1.807) is 12.3 Å². The van der Waals surface area contributed by atoms with E-state index in [-0.39, 0.29) is 5.56 Å². The number of aromatic amines is 1. The molecule has 1 fully saturated rings. The lowest BCUT2D eigenvalue weighted by Crippen LogP contribution is -2.36. The van der Waals surface area contributed by atoms with E-state index in [1.165, 1.54) is 16.7 Å². The largest absolute Gasteiger partial charge is 0.378 e. The normalized spacial score (nSPS) is 15.2. The van der Waals surface area contributed by atoms with Crippen molar-refractivity contribution in [2.45, 2.75) is 6.04 Å². The molecule has 1 aliphatic rings. The van der Waals surface area contributed by atoms with Crippen LogP contribution in [-0.4, -0.2) is 66.4 Å². The number of morpholine rings is 1. The highest BCUT2D eigenvalue weighted by atomic mass is 19.1. The van der Waals surface area contributed by atoms with E-state index in [1.807, 2.05) is 37.5 Å². The first-order chi connectivity index (χ1) is 16.9. The van der Waals surface area contributed by atoms with Crippen molar-refractivity contribution in [3.05, 3.63) is 82.5 Å². The van der Waals surface area contributed by atoms with Gasteiger partial charge in [-0.2, -0.15) is 0 Å². The van der Waals surface area contributed by atoms with Gasteiger partial charge in [-0.1, -0.05) is 0 Å². The molecule has 35 heavy (non-hydrogen) atoms. The summed E-state index contributed by atoms with van der Waals surface area (Å²) in [5, 5.41) is 0.920. The molecular formula is C26H27F2N5O2. The molecule has 1 saturated heterocycles. The minimum absolute atomic E-state index is 0.259. The Morgan fingerprint density at radius 2 is 1.86 bits per heavy atom. The Hall–Kier alpha value is -3.56. The maximum Gasteiger partial charge on any atom is 0.251 e. The number of likely N-dealkylation sites (N-methyl/N-ethyl adjacent to an activating group) is 1. The number of nitrogens with zero attached hydrogens (tertiary/aromatic N) is 4. The zero-order valence-corrected chi connectivity index (χ0v) is 19.7. The molecule has 1 N–H and O–H groups in total. The SMILES string of the molecule is CN(C)C[C@H](c1cc(F)cc(F)c1)n1ccc(-c2c[nH]c3ncc(N4CCOCC4)cc23)cc1=O. The monoisotopic (exact) mass is 479 g/mol. The van der Waals surface area contributed by atoms with E-state index >= 15 is 0 Å². The minimum Gasteiger partial charge on any atom is -0.378 e.